The highest BCUT2D eigenvalue weighted by Crippen LogP contribution is 2.31. The molecule has 0 aromatic rings. The van der Waals surface area contributed by atoms with Crippen LogP contribution in [0.25, 0.3) is 0 Å². The van der Waals surface area contributed by atoms with Gasteiger partial charge in [0.1, 0.15) is 0 Å². The number of hydrogen-bond donors (Lipinski definition) is 1. The van der Waals surface area contributed by atoms with Crippen LogP contribution in [0.3, 0.4) is 0 Å². The lowest BCUT2D eigenvalue weighted by atomic mass is 9.84. The predicted octanol–water partition coefficient (Wildman–Crippen LogP) is 1.93. The molecule has 4 aliphatic heterocycles. The summed E-state index contributed by atoms with van der Waals surface area (Å²) in [5.41, 5.74) is 0.317. The van der Waals surface area contributed by atoms with Gasteiger partial charge in [-0.2, -0.15) is 0 Å². The maximum absolute atomic E-state index is 4.70. The maximum atomic E-state index is 4.70. The molecule has 1 unspecified atom stereocenters. The lowest BCUT2D eigenvalue weighted by Crippen LogP contribution is -2.62. The minimum atomic E-state index is 0.317. The molecule has 0 radical (unpaired) electrons. The molecule has 1 N–H and O–H groups in total. The minimum Gasteiger partial charge on any atom is -0.354 e. The van der Waals surface area contributed by atoms with Crippen LogP contribution in [-0.2, 0) is 0 Å². The Labute approximate surface area is 178 Å². The van der Waals surface area contributed by atoms with E-state index in [1.807, 2.05) is 7.05 Å². The van der Waals surface area contributed by atoms with Crippen LogP contribution in [-0.4, -0.2) is 111 Å². The molecule has 6 nitrogen and oxygen atoms in total. The van der Waals surface area contributed by atoms with E-state index >= 15 is 0 Å². The smallest absolute Gasteiger partial charge is 0.193 e. The topological polar surface area (TPSA) is 37.4 Å². The molecule has 0 bridgehead atoms. The summed E-state index contributed by atoms with van der Waals surface area (Å²) in [6.45, 7) is 12.3. The van der Waals surface area contributed by atoms with E-state index in [2.05, 4.69) is 32.0 Å². The number of aliphatic imine (C=N–C) groups is 1. The quantitative estimate of drug-likeness (QED) is 0.560. The first-order chi connectivity index (χ1) is 14.2. The largest absolute Gasteiger partial charge is 0.354 e. The summed E-state index contributed by atoms with van der Waals surface area (Å²) < 4.78 is 0. The molecule has 4 aliphatic rings. The first-order valence-electron chi connectivity index (χ1n) is 12.3. The van der Waals surface area contributed by atoms with E-state index in [4.69, 9.17) is 4.99 Å². The summed E-state index contributed by atoms with van der Waals surface area (Å²) in [7, 11) is 4.25. The fourth-order valence-corrected chi connectivity index (χ4v) is 6.09. The molecule has 0 aromatic heterocycles. The molecule has 29 heavy (non-hydrogen) atoms. The van der Waals surface area contributed by atoms with Gasteiger partial charge in [-0.15, -0.1) is 0 Å². The fourth-order valence-electron chi connectivity index (χ4n) is 6.09. The first kappa shape index (κ1) is 21.4. The molecule has 4 fully saturated rings. The van der Waals surface area contributed by atoms with E-state index in [0.29, 0.717) is 5.54 Å². The second kappa shape index (κ2) is 9.97. The highest BCUT2D eigenvalue weighted by atomic mass is 15.3. The van der Waals surface area contributed by atoms with Crippen molar-refractivity contribution < 1.29 is 0 Å². The van der Waals surface area contributed by atoms with Gasteiger partial charge in [0.2, 0.25) is 0 Å². The van der Waals surface area contributed by atoms with Gasteiger partial charge in [0.25, 0.3) is 0 Å². The Kier molecular flexibility index (Phi) is 7.35. The highest BCUT2D eigenvalue weighted by molar-refractivity contribution is 5.80. The molecule has 4 rings (SSSR count). The molecule has 4 saturated heterocycles. The summed E-state index contributed by atoms with van der Waals surface area (Å²) in [6, 6.07) is 0. The van der Waals surface area contributed by atoms with Crippen molar-refractivity contribution in [1.29, 1.82) is 0 Å². The van der Waals surface area contributed by atoms with Gasteiger partial charge in [-0.25, -0.2) is 0 Å². The predicted molar refractivity (Wildman–Crippen MR) is 122 cm³/mol. The average molecular weight is 405 g/mol. The molecule has 6 heteroatoms. The van der Waals surface area contributed by atoms with E-state index in [-0.39, 0.29) is 0 Å². The Bertz CT molecular complexity index is 529. The van der Waals surface area contributed by atoms with Crippen LogP contribution in [0.5, 0.6) is 0 Å². The molecular weight excluding hydrogens is 360 g/mol. The molecule has 0 amide bonds. The number of likely N-dealkylation sites (tertiary alicyclic amines) is 4. The first-order valence-corrected chi connectivity index (χ1v) is 12.3. The Morgan fingerprint density at radius 2 is 1.62 bits per heavy atom. The number of rotatable bonds is 5. The van der Waals surface area contributed by atoms with Crippen LogP contribution in [0.1, 0.15) is 51.4 Å². The third kappa shape index (κ3) is 5.26. The van der Waals surface area contributed by atoms with E-state index < -0.39 is 0 Å². The van der Waals surface area contributed by atoms with Crippen LogP contribution in [0.2, 0.25) is 0 Å². The number of nitrogens with one attached hydrogen (secondary N) is 1. The third-order valence-corrected chi connectivity index (χ3v) is 8.03. The lowest BCUT2D eigenvalue weighted by Gasteiger charge is -2.50. The van der Waals surface area contributed by atoms with Gasteiger partial charge < -0.3 is 20.0 Å². The van der Waals surface area contributed by atoms with Crippen molar-refractivity contribution in [1.82, 2.24) is 24.9 Å². The van der Waals surface area contributed by atoms with Crippen LogP contribution in [0.15, 0.2) is 4.99 Å². The van der Waals surface area contributed by atoms with Gasteiger partial charge in [-0.1, -0.05) is 6.42 Å². The van der Waals surface area contributed by atoms with Gasteiger partial charge in [-0.3, -0.25) is 9.89 Å². The molecular formula is C23H44N6. The molecule has 0 spiro atoms. The zero-order valence-corrected chi connectivity index (χ0v) is 19.0. The number of hydrogen-bond acceptors (Lipinski definition) is 4. The zero-order chi connectivity index (χ0) is 20.1. The van der Waals surface area contributed by atoms with E-state index in [0.717, 1.165) is 25.0 Å². The van der Waals surface area contributed by atoms with Crippen molar-refractivity contribution in [3.63, 3.8) is 0 Å². The van der Waals surface area contributed by atoms with E-state index in [1.165, 1.54) is 104 Å². The number of piperidine rings is 2. The second-order valence-electron chi connectivity index (χ2n) is 10.1. The summed E-state index contributed by atoms with van der Waals surface area (Å²) in [5.74, 6) is 1.95. The molecule has 0 aromatic carbocycles. The summed E-state index contributed by atoms with van der Waals surface area (Å²) >= 11 is 0. The van der Waals surface area contributed by atoms with Crippen molar-refractivity contribution in [3.05, 3.63) is 0 Å². The minimum absolute atomic E-state index is 0.317. The molecule has 0 saturated carbocycles. The SMILES string of the molecule is CN=C(NCC1(N2CCCCC2)CCN(C)CC1)N1CCC(CN2CCCC2)C1. The summed E-state index contributed by atoms with van der Waals surface area (Å²) in [6.07, 6.45) is 10.8. The van der Waals surface area contributed by atoms with Crippen molar-refractivity contribution in [3.8, 4) is 0 Å². The zero-order valence-electron chi connectivity index (χ0n) is 19.0. The lowest BCUT2D eigenvalue weighted by molar-refractivity contribution is 0.0170. The van der Waals surface area contributed by atoms with Gasteiger partial charge in [-0.05, 0) is 97.2 Å². The van der Waals surface area contributed by atoms with Gasteiger partial charge in [0, 0.05) is 38.8 Å². The second-order valence-corrected chi connectivity index (χ2v) is 10.1. The van der Waals surface area contributed by atoms with Gasteiger partial charge >= 0.3 is 0 Å². The Hall–Kier alpha value is -0.850. The monoisotopic (exact) mass is 404 g/mol. The Balaban J connectivity index is 1.33. The van der Waals surface area contributed by atoms with Crippen molar-refractivity contribution in [2.24, 2.45) is 10.9 Å². The third-order valence-electron chi connectivity index (χ3n) is 8.03. The molecule has 0 aliphatic carbocycles. The normalized spacial score (nSPS) is 30.2. The number of guanidine groups is 1. The van der Waals surface area contributed by atoms with Crippen molar-refractivity contribution in [2.45, 2.75) is 56.9 Å². The average Bonchev–Trinajstić information content (AvgIpc) is 3.44. The Morgan fingerprint density at radius 1 is 0.931 bits per heavy atom. The fraction of sp³-hybridized carbons (Fsp3) is 0.957. The molecule has 1 atom stereocenters. The van der Waals surface area contributed by atoms with E-state index in [9.17, 15) is 0 Å². The van der Waals surface area contributed by atoms with E-state index in [1.54, 1.807) is 0 Å². The summed E-state index contributed by atoms with van der Waals surface area (Å²) in [5, 5.41) is 3.85. The van der Waals surface area contributed by atoms with Crippen LogP contribution < -0.4 is 5.32 Å². The molecule has 166 valence electrons. The van der Waals surface area contributed by atoms with Crippen molar-refractivity contribution in [2.75, 3.05) is 79.5 Å². The number of nitrogens with zero attached hydrogens (tertiary/aromatic N) is 5. The highest BCUT2D eigenvalue weighted by Gasteiger charge is 2.40. The van der Waals surface area contributed by atoms with Gasteiger partial charge in [0.05, 0.1) is 0 Å². The van der Waals surface area contributed by atoms with Crippen molar-refractivity contribution >= 4 is 5.96 Å². The maximum Gasteiger partial charge on any atom is 0.193 e. The van der Waals surface area contributed by atoms with Crippen LogP contribution in [0, 0.1) is 5.92 Å². The van der Waals surface area contributed by atoms with Gasteiger partial charge in [0.15, 0.2) is 5.96 Å². The summed E-state index contributed by atoms with van der Waals surface area (Å²) in [4.78, 5) is 15.2. The molecule has 4 heterocycles. The standard InChI is InChI=1S/C23H44N6/c1-24-22(28-15-8-21(19-28)18-27-11-6-7-12-27)25-20-23(9-16-26(2)17-10-23)29-13-4-3-5-14-29/h21H,3-20H2,1-2H3,(H,24,25). The Morgan fingerprint density at radius 3 is 2.31 bits per heavy atom. The van der Waals surface area contributed by atoms with Crippen LogP contribution >= 0.6 is 0 Å². The van der Waals surface area contributed by atoms with Crippen LogP contribution in [0.4, 0.5) is 0 Å².